The summed E-state index contributed by atoms with van der Waals surface area (Å²) >= 11 is 0. The van der Waals surface area contributed by atoms with Crippen LogP contribution in [0.25, 0.3) is 0 Å². The Balaban J connectivity index is 1.65. The van der Waals surface area contributed by atoms with Crippen LogP contribution in [0.4, 0.5) is 0 Å². The molecule has 1 atom stereocenters. The molecule has 0 bridgehead atoms. The van der Waals surface area contributed by atoms with Crippen LogP contribution in [0, 0.1) is 13.8 Å². The van der Waals surface area contributed by atoms with Crippen LogP contribution in [0.2, 0.25) is 0 Å². The molecule has 1 aromatic carbocycles. The zero-order valence-electron chi connectivity index (χ0n) is 14.8. The van der Waals surface area contributed by atoms with Crippen molar-refractivity contribution in [3.63, 3.8) is 0 Å². The van der Waals surface area contributed by atoms with Crippen LogP contribution in [0.5, 0.6) is 0 Å². The number of amides is 1. The van der Waals surface area contributed by atoms with Crippen LogP contribution < -0.4 is 5.32 Å². The first kappa shape index (κ1) is 17.6. The molecule has 1 aromatic heterocycles. The van der Waals surface area contributed by atoms with Gasteiger partial charge in [0.05, 0.1) is 31.4 Å². The minimum absolute atomic E-state index is 0.0106. The number of carbonyl (C=O) groups is 1. The predicted molar refractivity (Wildman–Crippen MR) is 94.3 cm³/mol. The number of nitrogens with zero attached hydrogens (tertiary/aromatic N) is 2. The minimum atomic E-state index is -0.0106. The van der Waals surface area contributed by atoms with Gasteiger partial charge in [0.25, 0.3) is 0 Å². The Bertz CT molecular complexity index is 674. The number of aryl methyl sites for hydroxylation is 2. The molecule has 6 nitrogen and oxygen atoms in total. The van der Waals surface area contributed by atoms with E-state index in [-0.39, 0.29) is 11.9 Å². The van der Waals surface area contributed by atoms with Crippen LogP contribution >= 0.6 is 0 Å². The molecule has 0 saturated carbocycles. The Morgan fingerprint density at radius 1 is 1.24 bits per heavy atom. The predicted octanol–water partition coefficient (Wildman–Crippen LogP) is 2.02. The summed E-state index contributed by atoms with van der Waals surface area (Å²) in [7, 11) is 0. The Morgan fingerprint density at radius 2 is 1.96 bits per heavy atom. The van der Waals surface area contributed by atoms with Gasteiger partial charge in [-0.15, -0.1) is 0 Å². The normalized spacial score (nSPS) is 16.6. The first-order valence-corrected chi connectivity index (χ1v) is 8.70. The standard InChI is InChI=1S/C19H25N3O3/c1-14-17(15(2)25-21-14)12-19(23)20-13-18(16-6-4-3-5-7-16)22-8-10-24-11-9-22/h3-7,18H,8-13H2,1-2H3,(H,20,23). The van der Waals surface area contributed by atoms with Gasteiger partial charge in [0.15, 0.2) is 0 Å². The van der Waals surface area contributed by atoms with Gasteiger partial charge in [0.1, 0.15) is 5.76 Å². The zero-order chi connectivity index (χ0) is 17.6. The molecule has 0 radical (unpaired) electrons. The monoisotopic (exact) mass is 343 g/mol. The molecule has 1 aliphatic heterocycles. The van der Waals surface area contributed by atoms with E-state index in [4.69, 9.17) is 9.26 Å². The Kier molecular flexibility index (Phi) is 5.83. The van der Waals surface area contributed by atoms with Crippen molar-refractivity contribution in [3.05, 3.63) is 52.9 Å². The van der Waals surface area contributed by atoms with Crippen molar-refractivity contribution in [1.82, 2.24) is 15.4 Å². The lowest BCUT2D eigenvalue weighted by Gasteiger charge is -2.35. The van der Waals surface area contributed by atoms with E-state index in [0.29, 0.717) is 18.7 Å². The third-order valence-corrected chi connectivity index (χ3v) is 4.68. The minimum Gasteiger partial charge on any atom is -0.379 e. The maximum absolute atomic E-state index is 12.4. The van der Waals surface area contributed by atoms with Crippen LogP contribution in [0.3, 0.4) is 0 Å². The van der Waals surface area contributed by atoms with Crippen LogP contribution in [-0.2, 0) is 16.0 Å². The smallest absolute Gasteiger partial charge is 0.224 e. The third kappa shape index (κ3) is 4.46. The highest BCUT2D eigenvalue weighted by Gasteiger charge is 2.23. The molecule has 1 fully saturated rings. The summed E-state index contributed by atoms with van der Waals surface area (Å²) in [5, 5.41) is 6.99. The van der Waals surface area contributed by atoms with E-state index >= 15 is 0 Å². The molecule has 134 valence electrons. The number of hydrogen-bond donors (Lipinski definition) is 1. The molecule has 0 aliphatic carbocycles. The average molecular weight is 343 g/mol. The van der Waals surface area contributed by atoms with Gasteiger partial charge in [-0.05, 0) is 19.4 Å². The highest BCUT2D eigenvalue weighted by Crippen LogP contribution is 2.21. The SMILES string of the molecule is Cc1noc(C)c1CC(=O)NCC(c1ccccc1)N1CCOCC1. The molecule has 1 N–H and O–H groups in total. The number of nitrogens with one attached hydrogen (secondary N) is 1. The Hall–Kier alpha value is -2.18. The topological polar surface area (TPSA) is 67.6 Å². The second kappa shape index (κ2) is 8.27. The lowest BCUT2D eigenvalue weighted by atomic mass is 10.0. The molecule has 2 heterocycles. The van der Waals surface area contributed by atoms with Gasteiger partial charge in [0, 0.05) is 25.2 Å². The fraction of sp³-hybridized carbons (Fsp3) is 0.474. The molecular formula is C19H25N3O3. The fourth-order valence-electron chi connectivity index (χ4n) is 3.21. The zero-order valence-corrected chi connectivity index (χ0v) is 14.8. The van der Waals surface area contributed by atoms with Crippen molar-refractivity contribution in [2.24, 2.45) is 0 Å². The number of aromatic nitrogens is 1. The molecule has 1 unspecified atom stereocenters. The van der Waals surface area contributed by atoms with E-state index < -0.39 is 0 Å². The second-order valence-electron chi connectivity index (χ2n) is 6.36. The fourth-order valence-corrected chi connectivity index (χ4v) is 3.21. The van der Waals surface area contributed by atoms with Crippen molar-refractivity contribution in [3.8, 4) is 0 Å². The first-order valence-electron chi connectivity index (χ1n) is 8.70. The summed E-state index contributed by atoms with van der Waals surface area (Å²) in [5.41, 5.74) is 2.86. The molecule has 2 aromatic rings. The molecular weight excluding hydrogens is 318 g/mol. The average Bonchev–Trinajstić information content (AvgIpc) is 2.96. The van der Waals surface area contributed by atoms with Gasteiger partial charge in [-0.25, -0.2) is 0 Å². The van der Waals surface area contributed by atoms with Crippen LogP contribution in [0.1, 0.15) is 28.6 Å². The summed E-state index contributed by atoms with van der Waals surface area (Å²) in [6.07, 6.45) is 0.297. The van der Waals surface area contributed by atoms with E-state index in [9.17, 15) is 4.79 Å². The molecule has 1 saturated heterocycles. The summed E-state index contributed by atoms with van der Waals surface area (Å²) in [5.74, 6) is 0.698. The van der Waals surface area contributed by atoms with Gasteiger partial charge in [-0.3, -0.25) is 9.69 Å². The first-order chi connectivity index (χ1) is 12.1. The van der Waals surface area contributed by atoms with Crippen LogP contribution in [0.15, 0.2) is 34.9 Å². The molecule has 6 heteroatoms. The van der Waals surface area contributed by atoms with Crippen molar-refractivity contribution in [2.75, 3.05) is 32.8 Å². The number of ether oxygens (including phenoxy) is 1. The molecule has 1 aliphatic rings. The van der Waals surface area contributed by atoms with E-state index in [0.717, 1.165) is 37.6 Å². The second-order valence-corrected chi connectivity index (χ2v) is 6.36. The van der Waals surface area contributed by atoms with Gasteiger partial charge in [-0.2, -0.15) is 0 Å². The Morgan fingerprint density at radius 3 is 2.60 bits per heavy atom. The van der Waals surface area contributed by atoms with Crippen molar-refractivity contribution >= 4 is 5.91 Å². The van der Waals surface area contributed by atoms with Crippen molar-refractivity contribution < 1.29 is 14.1 Å². The van der Waals surface area contributed by atoms with Crippen LogP contribution in [-0.4, -0.2) is 48.8 Å². The van der Waals surface area contributed by atoms with E-state index in [1.165, 1.54) is 5.56 Å². The van der Waals surface area contributed by atoms with Crippen molar-refractivity contribution in [2.45, 2.75) is 26.3 Å². The number of carbonyl (C=O) groups excluding carboxylic acids is 1. The maximum Gasteiger partial charge on any atom is 0.224 e. The third-order valence-electron chi connectivity index (χ3n) is 4.68. The van der Waals surface area contributed by atoms with Gasteiger partial charge >= 0.3 is 0 Å². The van der Waals surface area contributed by atoms with E-state index in [1.807, 2.05) is 32.0 Å². The molecule has 3 rings (SSSR count). The lowest BCUT2D eigenvalue weighted by molar-refractivity contribution is -0.120. The van der Waals surface area contributed by atoms with E-state index in [2.05, 4.69) is 27.5 Å². The lowest BCUT2D eigenvalue weighted by Crippen LogP contribution is -2.44. The highest BCUT2D eigenvalue weighted by atomic mass is 16.5. The highest BCUT2D eigenvalue weighted by molar-refractivity contribution is 5.79. The largest absolute Gasteiger partial charge is 0.379 e. The van der Waals surface area contributed by atoms with Gasteiger partial charge < -0.3 is 14.6 Å². The summed E-state index contributed by atoms with van der Waals surface area (Å²) in [4.78, 5) is 14.8. The molecule has 1 amide bonds. The quantitative estimate of drug-likeness (QED) is 0.869. The molecule has 25 heavy (non-hydrogen) atoms. The number of morpholine rings is 1. The molecule has 0 spiro atoms. The summed E-state index contributed by atoms with van der Waals surface area (Å²) < 4.78 is 10.6. The number of benzene rings is 1. The number of rotatable bonds is 6. The summed E-state index contributed by atoms with van der Waals surface area (Å²) in [6.45, 7) is 7.49. The number of hydrogen-bond acceptors (Lipinski definition) is 5. The maximum atomic E-state index is 12.4. The Labute approximate surface area is 148 Å². The van der Waals surface area contributed by atoms with Gasteiger partial charge in [-0.1, -0.05) is 35.5 Å². The van der Waals surface area contributed by atoms with E-state index in [1.54, 1.807) is 0 Å². The van der Waals surface area contributed by atoms with Crippen molar-refractivity contribution in [1.29, 1.82) is 0 Å². The summed E-state index contributed by atoms with van der Waals surface area (Å²) in [6, 6.07) is 10.5. The van der Waals surface area contributed by atoms with Gasteiger partial charge in [0.2, 0.25) is 5.91 Å².